The monoisotopic (exact) mass is 347 g/mol. The van der Waals surface area contributed by atoms with Crippen LogP contribution in [0.15, 0.2) is 69.3 Å². The largest absolute Gasteiger partial charge is 0.172 e. The molecule has 0 aliphatic carbocycles. The Morgan fingerprint density at radius 1 is 0.520 bits per heavy atom. The van der Waals surface area contributed by atoms with Gasteiger partial charge in [-0.15, -0.1) is 0 Å². The van der Waals surface area contributed by atoms with Crippen molar-refractivity contribution in [1.29, 1.82) is 0 Å². The topological polar surface area (TPSA) is 0 Å². The summed E-state index contributed by atoms with van der Waals surface area (Å²) in [6.07, 6.45) is 0. The first-order valence-electron chi connectivity index (χ1n) is 8.83. The van der Waals surface area contributed by atoms with Crippen LogP contribution in [0.3, 0.4) is 0 Å². The summed E-state index contributed by atoms with van der Waals surface area (Å²) in [5.41, 5.74) is 8.25. The van der Waals surface area contributed by atoms with Crippen molar-refractivity contribution in [3.8, 4) is 0 Å². The van der Waals surface area contributed by atoms with E-state index in [-0.39, 0.29) is 10.9 Å². The van der Waals surface area contributed by atoms with Crippen LogP contribution in [0.25, 0.3) is 0 Å². The average molecular weight is 348 g/mol. The Balaban J connectivity index is 2.34. The molecule has 0 amide bonds. The van der Waals surface area contributed by atoms with Crippen LogP contribution in [0.1, 0.15) is 33.4 Å². The summed E-state index contributed by atoms with van der Waals surface area (Å²) in [5, 5.41) is 0. The highest BCUT2D eigenvalue weighted by atomic mass is 32.2. The van der Waals surface area contributed by atoms with Gasteiger partial charge in [-0.3, -0.25) is 0 Å². The maximum Gasteiger partial charge on any atom is 0.172 e. The zero-order valence-electron chi connectivity index (χ0n) is 16.1. The lowest BCUT2D eigenvalue weighted by atomic mass is 10.1. The Kier molecular flexibility index (Phi) is 5.06. The van der Waals surface area contributed by atoms with Crippen molar-refractivity contribution in [1.82, 2.24) is 0 Å². The molecule has 3 rings (SSSR count). The Hall–Kier alpha value is -1.99. The molecule has 0 aliphatic heterocycles. The second kappa shape index (κ2) is 7.09. The van der Waals surface area contributed by atoms with Crippen LogP contribution in [-0.4, -0.2) is 0 Å². The third kappa shape index (κ3) is 3.52. The highest BCUT2D eigenvalue weighted by Crippen LogP contribution is 2.39. The molecule has 0 heterocycles. The summed E-state index contributed by atoms with van der Waals surface area (Å²) in [6.45, 7) is 13.4. The molecule has 0 N–H and O–H groups in total. The maximum atomic E-state index is 2.32. The number of rotatable bonds is 3. The molecule has 0 unspecified atom stereocenters. The van der Waals surface area contributed by atoms with Crippen LogP contribution in [0.4, 0.5) is 0 Å². The predicted octanol–water partition coefficient (Wildman–Crippen LogP) is 6.63. The molecule has 25 heavy (non-hydrogen) atoms. The third-order valence-corrected chi connectivity index (χ3v) is 7.44. The van der Waals surface area contributed by atoms with Gasteiger partial charge in [0.1, 0.15) is 10.9 Å². The Labute approximate surface area is 155 Å². The van der Waals surface area contributed by atoms with E-state index in [0.29, 0.717) is 0 Å². The van der Waals surface area contributed by atoms with E-state index in [2.05, 4.69) is 96.1 Å². The molecule has 0 radical (unpaired) electrons. The third-order valence-electron chi connectivity index (χ3n) is 4.60. The predicted molar refractivity (Wildman–Crippen MR) is 110 cm³/mol. The fourth-order valence-electron chi connectivity index (χ4n) is 3.87. The summed E-state index contributed by atoms with van der Waals surface area (Å²) < 4.78 is 0. The van der Waals surface area contributed by atoms with Crippen LogP contribution in [0.2, 0.25) is 0 Å². The van der Waals surface area contributed by atoms with Crippen LogP contribution in [-0.2, 0) is 10.9 Å². The smallest absolute Gasteiger partial charge is 0.0619 e. The van der Waals surface area contributed by atoms with Crippen LogP contribution in [0, 0.1) is 41.5 Å². The van der Waals surface area contributed by atoms with Crippen LogP contribution >= 0.6 is 0 Å². The number of aryl methyl sites for hydroxylation is 6. The molecular formula is C24H27S+. The molecule has 0 fully saturated rings. The van der Waals surface area contributed by atoms with Crippen LogP contribution in [0.5, 0.6) is 0 Å². The lowest BCUT2D eigenvalue weighted by Crippen LogP contribution is -2.12. The molecule has 0 saturated heterocycles. The molecule has 0 saturated carbocycles. The second-order valence-corrected chi connectivity index (χ2v) is 8.98. The van der Waals surface area contributed by atoms with Crippen molar-refractivity contribution < 1.29 is 0 Å². The van der Waals surface area contributed by atoms with Gasteiger partial charge in [-0.2, -0.15) is 0 Å². The van der Waals surface area contributed by atoms with Crippen molar-refractivity contribution in [2.24, 2.45) is 0 Å². The van der Waals surface area contributed by atoms with E-state index in [1.165, 1.54) is 48.1 Å². The molecule has 1 heteroatoms. The minimum Gasteiger partial charge on any atom is -0.0619 e. The quantitative estimate of drug-likeness (QED) is 0.466. The van der Waals surface area contributed by atoms with Crippen molar-refractivity contribution in [3.63, 3.8) is 0 Å². The van der Waals surface area contributed by atoms with Gasteiger partial charge >= 0.3 is 0 Å². The second-order valence-electron chi connectivity index (χ2n) is 7.07. The molecular weight excluding hydrogens is 320 g/mol. The Morgan fingerprint density at radius 3 is 1.24 bits per heavy atom. The van der Waals surface area contributed by atoms with E-state index in [1.54, 1.807) is 0 Å². The number of hydrogen-bond acceptors (Lipinski definition) is 0. The van der Waals surface area contributed by atoms with Crippen molar-refractivity contribution >= 4 is 10.9 Å². The van der Waals surface area contributed by atoms with E-state index in [1.807, 2.05) is 0 Å². The van der Waals surface area contributed by atoms with Gasteiger partial charge in [0, 0.05) is 22.3 Å². The van der Waals surface area contributed by atoms with Gasteiger partial charge in [-0.05, 0) is 53.7 Å². The van der Waals surface area contributed by atoms with E-state index in [9.17, 15) is 0 Å². The van der Waals surface area contributed by atoms with Gasteiger partial charge in [0.25, 0.3) is 0 Å². The molecule has 0 aliphatic rings. The summed E-state index contributed by atoms with van der Waals surface area (Å²) in [7, 11) is -0.0775. The van der Waals surface area contributed by atoms with Gasteiger partial charge in [0.15, 0.2) is 14.7 Å². The van der Waals surface area contributed by atoms with E-state index in [0.717, 1.165) is 0 Å². The first-order chi connectivity index (χ1) is 11.9. The summed E-state index contributed by atoms with van der Waals surface area (Å²) in [6, 6.07) is 20.3. The summed E-state index contributed by atoms with van der Waals surface area (Å²) >= 11 is 0. The summed E-state index contributed by atoms with van der Waals surface area (Å²) in [4.78, 5) is 4.35. The van der Waals surface area contributed by atoms with Gasteiger partial charge in [-0.1, -0.05) is 53.6 Å². The minimum absolute atomic E-state index is 0.0775. The molecule has 0 nitrogen and oxygen atoms in total. The van der Waals surface area contributed by atoms with Gasteiger partial charge in [-0.25, -0.2) is 0 Å². The van der Waals surface area contributed by atoms with Gasteiger partial charge < -0.3 is 0 Å². The molecule has 0 spiro atoms. The average Bonchev–Trinajstić information content (AvgIpc) is 2.52. The normalized spacial score (nSPS) is 11.2. The van der Waals surface area contributed by atoms with Crippen molar-refractivity contribution in [2.45, 2.75) is 56.2 Å². The van der Waals surface area contributed by atoms with E-state index < -0.39 is 0 Å². The SMILES string of the molecule is Cc1cc(C)c([S+](c2ccccc2)c2c(C)cc(C)cc2C)c(C)c1. The molecule has 0 atom stereocenters. The zero-order valence-corrected chi connectivity index (χ0v) is 16.9. The standard InChI is InChI=1S/C24H27S/c1-16-12-18(3)23(19(4)13-16)25(22-10-8-7-9-11-22)24-20(5)14-17(2)15-21(24)6/h7-15H,1-6H3/q+1. The molecule has 3 aromatic carbocycles. The molecule has 0 bridgehead atoms. The lowest BCUT2D eigenvalue weighted by Gasteiger charge is -2.17. The van der Waals surface area contributed by atoms with E-state index in [4.69, 9.17) is 0 Å². The highest BCUT2D eigenvalue weighted by Gasteiger charge is 2.35. The highest BCUT2D eigenvalue weighted by molar-refractivity contribution is 7.97. The van der Waals surface area contributed by atoms with Crippen molar-refractivity contribution in [2.75, 3.05) is 0 Å². The first-order valence-corrected chi connectivity index (χ1v) is 10.1. The number of hydrogen-bond donors (Lipinski definition) is 0. The Bertz CT molecular complexity index is 803. The zero-order chi connectivity index (χ0) is 18.1. The van der Waals surface area contributed by atoms with Crippen molar-refractivity contribution in [3.05, 3.63) is 88.0 Å². The molecule has 3 aromatic rings. The molecule has 0 aromatic heterocycles. The lowest BCUT2D eigenvalue weighted by molar-refractivity contribution is 1.13. The fourth-order valence-corrected chi connectivity index (χ4v) is 6.50. The maximum absolute atomic E-state index is 2.32. The van der Waals surface area contributed by atoms with Gasteiger partial charge in [0.05, 0.1) is 0 Å². The summed E-state index contributed by atoms with van der Waals surface area (Å²) in [5.74, 6) is 0. The Morgan fingerprint density at radius 2 is 0.880 bits per heavy atom. The van der Waals surface area contributed by atoms with E-state index >= 15 is 0 Å². The molecule has 128 valence electrons. The minimum atomic E-state index is -0.0775. The fraction of sp³-hybridized carbons (Fsp3) is 0.250. The van der Waals surface area contributed by atoms with Gasteiger partial charge in [0.2, 0.25) is 0 Å². The number of benzene rings is 3. The van der Waals surface area contributed by atoms with Crippen LogP contribution < -0.4 is 0 Å². The first kappa shape index (κ1) is 17.8.